The van der Waals surface area contributed by atoms with Crippen LogP contribution in [0.25, 0.3) is 16.6 Å². The Hall–Kier alpha value is -3.44. The number of anilines is 1. The molecule has 1 N–H and O–H groups in total. The van der Waals surface area contributed by atoms with E-state index in [1.54, 1.807) is 0 Å². The van der Waals surface area contributed by atoms with Crippen molar-refractivity contribution in [3.63, 3.8) is 0 Å². The molecule has 0 saturated carbocycles. The number of hydrogen-bond donors (Lipinski definition) is 1. The molecule has 0 unspecified atom stereocenters. The minimum atomic E-state index is 0.654. The zero-order valence-corrected chi connectivity index (χ0v) is 16.3. The molecule has 5 rings (SSSR count). The van der Waals surface area contributed by atoms with Gasteiger partial charge in [0.1, 0.15) is 5.82 Å². The number of imidazole rings is 1. The van der Waals surface area contributed by atoms with E-state index in [2.05, 4.69) is 39.6 Å². The maximum atomic E-state index is 6.06. The van der Waals surface area contributed by atoms with Crippen LogP contribution < -0.4 is 5.32 Å². The van der Waals surface area contributed by atoms with Gasteiger partial charge in [-0.25, -0.2) is 9.50 Å². The fourth-order valence-corrected chi connectivity index (χ4v) is 3.63. The van der Waals surface area contributed by atoms with Gasteiger partial charge in [-0.2, -0.15) is 0 Å². The quantitative estimate of drug-likeness (QED) is 0.445. The maximum absolute atomic E-state index is 6.06. The van der Waals surface area contributed by atoms with E-state index in [9.17, 15) is 0 Å². The molecule has 0 aliphatic rings. The minimum absolute atomic E-state index is 0.654. The van der Waals surface area contributed by atoms with Gasteiger partial charge in [-0.1, -0.05) is 35.9 Å². The summed E-state index contributed by atoms with van der Waals surface area (Å²) in [7, 11) is 0. The molecule has 0 aliphatic heterocycles. The van der Waals surface area contributed by atoms with Crippen LogP contribution in [-0.4, -0.2) is 19.6 Å². The fraction of sp³-hybridized carbons (Fsp3) is 0.0870. The zero-order valence-electron chi connectivity index (χ0n) is 15.6. The van der Waals surface area contributed by atoms with Gasteiger partial charge >= 0.3 is 0 Å². The summed E-state index contributed by atoms with van der Waals surface area (Å²) >= 11 is 6.06. The summed E-state index contributed by atoms with van der Waals surface area (Å²) < 4.78 is 1.90. The molecule has 142 valence electrons. The first kappa shape index (κ1) is 17.6. The van der Waals surface area contributed by atoms with Crippen LogP contribution in [0.1, 0.15) is 16.8 Å². The molecular formula is C23H18ClN5. The molecule has 0 atom stereocenters. The van der Waals surface area contributed by atoms with Crippen molar-refractivity contribution in [2.45, 2.75) is 13.0 Å². The lowest BCUT2D eigenvalue weighted by atomic mass is 10.1. The monoisotopic (exact) mass is 399 g/mol. The second-order valence-corrected chi connectivity index (χ2v) is 7.37. The number of rotatable bonds is 5. The van der Waals surface area contributed by atoms with Gasteiger partial charge in [-0.3, -0.25) is 4.98 Å². The normalized spacial score (nSPS) is 11.2. The molecule has 0 aliphatic carbocycles. The van der Waals surface area contributed by atoms with E-state index in [1.165, 1.54) is 5.56 Å². The lowest BCUT2D eigenvalue weighted by Gasteiger charge is -2.08. The van der Waals surface area contributed by atoms with Crippen molar-refractivity contribution in [2.24, 2.45) is 0 Å². The smallest absolute Gasteiger partial charge is 0.153 e. The second kappa shape index (κ2) is 7.53. The number of fused-ring (bicyclic) bond motifs is 2. The molecule has 0 fully saturated rings. The lowest BCUT2D eigenvalue weighted by Crippen LogP contribution is -2.06. The van der Waals surface area contributed by atoms with Gasteiger partial charge in [-0.15, -0.1) is 5.10 Å². The Balaban J connectivity index is 1.40. The molecule has 0 saturated heterocycles. The summed E-state index contributed by atoms with van der Waals surface area (Å²) in [6, 6.07) is 22.1. The molecule has 3 heterocycles. The first-order valence-corrected chi connectivity index (χ1v) is 9.78. The van der Waals surface area contributed by atoms with Crippen molar-refractivity contribution >= 4 is 34.0 Å². The number of benzene rings is 2. The van der Waals surface area contributed by atoms with Gasteiger partial charge in [0.15, 0.2) is 5.65 Å². The van der Waals surface area contributed by atoms with E-state index in [0.29, 0.717) is 6.54 Å². The van der Waals surface area contributed by atoms with E-state index in [0.717, 1.165) is 45.1 Å². The number of halogens is 1. The molecule has 6 heteroatoms. The van der Waals surface area contributed by atoms with Crippen LogP contribution in [0.2, 0.25) is 5.02 Å². The minimum Gasteiger partial charge on any atom is -0.365 e. The predicted octanol–water partition coefficient (Wildman–Crippen LogP) is 5.13. The Morgan fingerprint density at radius 3 is 2.79 bits per heavy atom. The molecule has 0 radical (unpaired) electrons. The Labute approximate surface area is 173 Å². The summed E-state index contributed by atoms with van der Waals surface area (Å²) in [4.78, 5) is 8.88. The Morgan fingerprint density at radius 1 is 0.897 bits per heavy atom. The topological polar surface area (TPSA) is 55.1 Å². The summed E-state index contributed by atoms with van der Waals surface area (Å²) in [5, 5.41) is 9.95. The number of nitrogens with one attached hydrogen (secondary N) is 1. The highest BCUT2D eigenvalue weighted by Gasteiger charge is 2.08. The molecule has 5 nitrogen and oxygen atoms in total. The summed E-state index contributed by atoms with van der Waals surface area (Å²) in [6.07, 6.45) is 4.45. The van der Waals surface area contributed by atoms with Crippen LogP contribution in [-0.2, 0) is 13.0 Å². The standard InChI is InChI=1S/C23H18ClN5/c24-19-5-1-3-17(12-19)14-26-22-8-9-23-27-15-20(29(23)28-22)13-16-6-7-21-18(11-16)4-2-10-25-21/h1-12,15H,13-14H2,(H,26,28). The molecule has 0 spiro atoms. The molecule has 29 heavy (non-hydrogen) atoms. The third-order valence-corrected chi connectivity index (χ3v) is 5.08. The summed E-state index contributed by atoms with van der Waals surface area (Å²) in [6.45, 7) is 0.654. The average Bonchev–Trinajstić information content (AvgIpc) is 3.14. The van der Waals surface area contributed by atoms with Gasteiger partial charge in [-0.05, 0) is 53.6 Å². The molecule has 0 bridgehead atoms. The number of nitrogens with zero attached hydrogens (tertiary/aromatic N) is 4. The highest BCUT2D eigenvalue weighted by molar-refractivity contribution is 6.30. The van der Waals surface area contributed by atoms with Crippen LogP contribution in [0.3, 0.4) is 0 Å². The van der Waals surface area contributed by atoms with Gasteiger partial charge in [0.2, 0.25) is 0 Å². The van der Waals surface area contributed by atoms with Crippen molar-refractivity contribution in [1.29, 1.82) is 0 Å². The molecule has 3 aromatic heterocycles. The average molecular weight is 400 g/mol. The lowest BCUT2D eigenvalue weighted by molar-refractivity contribution is 0.868. The third kappa shape index (κ3) is 3.77. The van der Waals surface area contributed by atoms with E-state index >= 15 is 0 Å². The highest BCUT2D eigenvalue weighted by atomic mass is 35.5. The Bertz CT molecular complexity index is 1310. The summed E-state index contributed by atoms with van der Waals surface area (Å²) in [5.41, 5.74) is 5.17. The van der Waals surface area contributed by atoms with E-state index < -0.39 is 0 Å². The van der Waals surface area contributed by atoms with Gasteiger partial charge in [0.05, 0.1) is 17.4 Å². The van der Waals surface area contributed by atoms with Crippen molar-refractivity contribution < 1.29 is 0 Å². The fourth-order valence-electron chi connectivity index (χ4n) is 3.42. The van der Waals surface area contributed by atoms with Crippen LogP contribution in [0.15, 0.2) is 79.1 Å². The number of pyridine rings is 1. The molecule has 0 amide bonds. The van der Waals surface area contributed by atoms with E-state index in [-0.39, 0.29) is 0 Å². The van der Waals surface area contributed by atoms with Gasteiger partial charge < -0.3 is 5.32 Å². The van der Waals surface area contributed by atoms with Crippen molar-refractivity contribution in [3.8, 4) is 0 Å². The second-order valence-electron chi connectivity index (χ2n) is 6.93. The van der Waals surface area contributed by atoms with Crippen molar-refractivity contribution in [3.05, 3.63) is 101 Å². The van der Waals surface area contributed by atoms with E-state index in [4.69, 9.17) is 16.7 Å². The first-order chi connectivity index (χ1) is 14.2. The number of hydrogen-bond acceptors (Lipinski definition) is 4. The van der Waals surface area contributed by atoms with Crippen LogP contribution in [0.4, 0.5) is 5.82 Å². The Kier molecular flexibility index (Phi) is 4.58. The first-order valence-electron chi connectivity index (χ1n) is 9.40. The van der Waals surface area contributed by atoms with Crippen LogP contribution in [0.5, 0.6) is 0 Å². The van der Waals surface area contributed by atoms with Gasteiger partial charge in [0, 0.05) is 29.6 Å². The SMILES string of the molecule is Clc1cccc(CNc2ccc3ncc(Cc4ccc5ncccc5c4)n3n2)c1. The van der Waals surface area contributed by atoms with E-state index in [1.807, 2.05) is 59.4 Å². The largest absolute Gasteiger partial charge is 0.365 e. The third-order valence-electron chi connectivity index (χ3n) is 4.85. The molecular weight excluding hydrogens is 382 g/mol. The summed E-state index contributed by atoms with van der Waals surface area (Å²) in [5.74, 6) is 0.791. The van der Waals surface area contributed by atoms with Crippen molar-refractivity contribution in [2.75, 3.05) is 5.32 Å². The molecule has 2 aromatic carbocycles. The van der Waals surface area contributed by atoms with Crippen LogP contribution >= 0.6 is 11.6 Å². The number of aromatic nitrogens is 4. The maximum Gasteiger partial charge on any atom is 0.153 e. The predicted molar refractivity (Wildman–Crippen MR) is 116 cm³/mol. The van der Waals surface area contributed by atoms with Gasteiger partial charge in [0.25, 0.3) is 0 Å². The zero-order chi connectivity index (χ0) is 19.6. The Morgan fingerprint density at radius 2 is 1.86 bits per heavy atom. The van der Waals surface area contributed by atoms with Crippen LogP contribution in [0, 0.1) is 0 Å². The highest BCUT2D eigenvalue weighted by Crippen LogP contribution is 2.18. The van der Waals surface area contributed by atoms with Crippen molar-refractivity contribution in [1.82, 2.24) is 19.6 Å². The molecule has 5 aromatic rings.